The summed E-state index contributed by atoms with van der Waals surface area (Å²) in [6.45, 7) is 2.86. The Morgan fingerprint density at radius 1 is 0.414 bits per heavy atom. The molecule has 37 heteroatoms. The van der Waals surface area contributed by atoms with Crippen molar-refractivity contribution in [3.05, 3.63) is 103 Å². The van der Waals surface area contributed by atoms with E-state index in [0.29, 0.717) is 11.3 Å². The molecule has 2 radical (unpaired) electrons. The molecule has 6 rings (SSSR count). The van der Waals surface area contributed by atoms with Crippen LogP contribution in [0.1, 0.15) is 13.8 Å². The zero-order chi connectivity index (χ0) is 50.2. The van der Waals surface area contributed by atoms with Crippen LogP contribution in [0.15, 0.2) is 103 Å². The average molecular weight is 1260 g/mol. The van der Waals surface area contributed by atoms with Crippen LogP contribution >= 0.6 is 46.4 Å². The van der Waals surface area contributed by atoms with Crippen molar-refractivity contribution in [3.63, 3.8) is 0 Å². The van der Waals surface area contributed by atoms with Gasteiger partial charge in [0, 0.05) is 42.6 Å². The van der Waals surface area contributed by atoms with Gasteiger partial charge in [-0.3, -0.25) is 9.97 Å². The Balaban J connectivity index is -0.000000117. The Morgan fingerprint density at radius 2 is 0.657 bits per heavy atom. The molecule has 0 spiro atoms. The van der Waals surface area contributed by atoms with Crippen LogP contribution in [0.4, 0.5) is 0 Å². The third-order valence-corrected chi connectivity index (χ3v) is 5.42. The smallest absolute Gasteiger partial charge is 0.457 e. The number of halogens is 8. The van der Waals surface area contributed by atoms with Gasteiger partial charge in [0.15, 0.2) is 11.3 Å². The molecule has 1 aromatic carbocycles. The van der Waals surface area contributed by atoms with E-state index in [2.05, 4.69) is 34.2 Å². The molecule has 0 aliphatic rings. The van der Waals surface area contributed by atoms with E-state index in [9.17, 15) is 0 Å². The van der Waals surface area contributed by atoms with Gasteiger partial charge in [0.1, 0.15) is 0 Å². The minimum Gasteiger partial charge on any atom is -0.457 e. The van der Waals surface area contributed by atoms with Gasteiger partial charge in [0.25, 0.3) is 0 Å². The van der Waals surface area contributed by atoms with E-state index >= 15 is 0 Å². The van der Waals surface area contributed by atoms with Crippen molar-refractivity contribution < 1.29 is 172 Å². The third kappa shape index (κ3) is 52.8. The normalized spacial score (nSPS) is 9.26. The van der Waals surface area contributed by atoms with E-state index in [1.165, 1.54) is 13.8 Å². The summed E-state index contributed by atoms with van der Waals surface area (Å²) in [5.74, 6) is 0. The quantitative estimate of drug-likeness (QED) is 0.0687. The molecule has 5 heterocycles. The van der Waals surface area contributed by atoms with Crippen molar-refractivity contribution in [1.82, 2.24) is 24.9 Å². The van der Waals surface area contributed by atoms with E-state index in [4.69, 9.17) is 146 Å². The van der Waals surface area contributed by atoms with Gasteiger partial charge in [-0.25, -0.2) is 89.5 Å². The van der Waals surface area contributed by atoms with Crippen LogP contribution in [0.3, 0.4) is 0 Å². The molecule has 0 bridgehead atoms. The van der Waals surface area contributed by atoms with Gasteiger partial charge in [0.2, 0.25) is 0 Å². The number of benzene rings is 1. The fourth-order valence-electron chi connectivity index (χ4n) is 3.93. The molecule has 0 aliphatic carbocycles. The van der Waals surface area contributed by atoms with Crippen LogP contribution in [0.25, 0.3) is 56.0 Å². The van der Waals surface area contributed by atoms with Crippen molar-refractivity contribution in [2.75, 3.05) is 10.7 Å². The number of hydrogen-bond donors (Lipinski definition) is 0. The monoisotopic (exact) mass is 1260 g/mol. The van der Waals surface area contributed by atoms with Crippen LogP contribution < -0.4 is 74.5 Å². The first kappa shape index (κ1) is 86.8. The Kier molecular flexibility index (Phi) is 58.3. The second-order valence-electron chi connectivity index (χ2n) is 9.58. The van der Waals surface area contributed by atoms with Crippen molar-refractivity contribution in [3.8, 4) is 46.0 Å². The van der Waals surface area contributed by atoms with Gasteiger partial charge in [0.05, 0.1) is 45.6 Å². The summed E-state index contributed by atoms with van der Waals surface area (Å²) in [6.07, 6.45) is 3.54. The van der Waals surface area contributed by atoms with Gasteiger partial charge in [-0.2, -0.15) is 10.5 Å². The predicted octanol–water partition coefficient (Wildman–Crippen LogP) is -12.8. The van der Waals surface area contributed by atoms with E-state index in [-0.39, 0.29) is 66.7 Å². The molecule has 0 unspecified atom stereocenters. The molecular formula is C33H39Cl8Cu2N7O20+4. The van der Waals surface area contributed by atoms with Crippen LogP contribution in [0.5, 0.6) is 0 Å². The first-order chi connectivity index (χ1) is 29.5. The maximum absolute atomic E-state index is 8.49. The molecule has 70 heavy (non-hydrogen) atoms. The Bertz CT molecular complexity index is 2070. The summed E-state index contributed by atoms with van der Waals surface area (Å²) in [4.78, 5) is 23.4. The molecule has 0 atom stereocenters. The number of nitrogens with zero attached hydrogens (tertiary/aromatic N) is 7. The Labute approximate surface area is 446 Å². The number of alkyl halides is 4. The molecular weight excluding hydrogens is 1230 g/mol. The number of nitriles is 2. The van der Waals surface area contributed by atoms with E-state index in [0.717, 1.165) is 44.7 Å². The molecule has 0 saturated carbocycles. The minimum absolute atomic E-state index is 0. The summed E-state index contributed by atoms with van der Waals surface area (Å²) in [6, 6.07) is 33.6. The molecule has 27 nitrogen and oxygen atoms in total. The second-order valence-corrected chi connectivity index (χ2v) is 14.2. The maximum Gasteiger partial charge on any atom is 2.00 e. The number of aromatic nitrogens is 5. The van der Waals surface area contributed by atoms with Gasteiger partial charge in [-0.05, 0) is 54.1 Å². The molecule has 0 saturated heterocycles. The average Bonchev–Trinajstić information content (AvgIpc) is 3.16. The van der Waals surface area contributed by atoms with Crippen LogP contribution in [0.2, 0.25) is 0 Å². The zero-order valence-electron chi connectivity index (χ0n) is 34.8. The fourth-order valence-corrected chi connectivity index (χ4v) is 3.93. The predicted molar refractivity (Wildman–Crippen MR) is 202 cm³/mol. The number of hydrogen-bond acceptors (Lipinski definition) is 23. The molecule has 5 aromatic heterocycles. The molecule has 0 aliphatic heterocycles. The van der Waals surface area contributed by atoms with Crippen LogP contribution in [0, 0.1) is 63.6 Å². The first-order valence-electron chi connectivity index (χ1n) is 15.3. The standard InChI is InChI=1S/C27H17N5.2C2H3N.2CH2Cl2.4ClHO4.2Cu.4H2O/c1-2-8-18(9-3-1)25-19-12-14-23(21-10-4-6-16-28-21)30-26(19)32-27-20(25)13-15-24(31-27)22-11-5-7-17-29-22;2*1-2-3;2*2-1-3;4*2-1(3,4)5;;;;;;/h1-17H;2*1H3;2*1H2;4*(H,2,3,4,5);;;4*1H2/q;;;;;;;;;2*+2;;;;. The van der Waals surface area contributed by atoms with Gasteiger partial charge >= 0.3 is 34.1 Å². The van der Waals surface area contributed by atoms with Gasteiger partial charge in [-0.1, -0.05) is 42.5 Å². The second kappa shape index (κ2) is 47.1. The first-order valence-corrected chi connectivity index (χ1v) is 22.4. The Morgan fingerprint density at radius 3 is 0.886 bits per heavy atom. The summed E-state index contributed by atoms with van der Waals surface area (Å²) in [7, 11) is -19.8. The van der Waals surface area contributed by atoms with Crippen molar-refractivity contribution in [2.45, 2.75) is 13.8 Å². The van der Waals surface area contributed by atoms with Crippen molar-refractivity contribution in [1.29, 1.82) is 10.5 Å². The molecule has 12 N–H and O–H groups in total. The third-order valence-electron chi connectivity index (χ3n) is 5.42. The summed E-state index contributed by atoms with van der Waals surface area (Å²) >= 11 is 19.1. The fraction of sp³-hybridized carbons (Fsp3) is 0.121. The van der Waals surface area contributed by atoms with Gasteiger partial charge < -0.3 is 21.9 Å². The summed E-state index contributed by atoms with van der Waals surface area (Å²) in [5.41, 5.74) is 6.65. The van der Waals surface area contributed by atoms with E-state index in [1.54, 1.807) is 24.5 Å². The summed E-state index contributed by atoms with van der Waals surface area (Å²) < 4.78 is 136. The SMILES string of the molecule is CC#N.CC#N.ClCCl.ClCCl.[Cu+2].[Cu+2].[O-][Cl+3]([O-])([O-])[O-].[O-][Cl+3]([O-])([O-])[O-].[O-][Cl+3]([O-])([O-])[O-].[O-][Cl+3]([O-])([O-])[O-].[OH3+].[OH3+].[OH3+].[OH3+].c1ccc(-c2c3ccc(-c4ccccn4)nc3nc3nc(-c4ccccn4)ccc23)cc1. The largest absolute Gasteiger partial charge is 2.00 e. The number of pyridine rings is 5. The van der Waals surface area contributed by atoms with Gasteiger partial charge in [-0.15, -0.1) is 87.4 Å². The van der Waals surface area contributed by atoms with E-state index < -0.39 is 41.0 Å². The van der Waals surface area contributed by atoms with Crippen molar-refractivity contribution >= 4 is 68.5 Å². The van der Waals surface area contributed by atoms with Crippen LogP contribution in [-0.4, -0.2) is 35.6 Å². The molecule has 0 amide bonds. The minimum atomic E-state index is -4.94. The molecule has 400 valence electrons. The molecule has 0 fully saturated rings. The number of rotatable bonds is 3. The molecule has 6 aromatic rings. The summed E-state index contributed by atoms with van der Waals surface area (Å²) in [5, 5.41) is 17.0. The number of fused-ring (bicyclic) bond motifs is 2. The topological polar surface area (TPSA) is 613 Å². The maximum atomic E-state index is 8.49. The Hall–Kier alpha value is -2.97. The van der Waals surface area contributed by atoms with Crippen LogP contribution in [-0.2, 0) is 56.0 Å². The van der Waals surface area contributed by atoms with E-state index in [1.807, 2.05) is 66.7 Å². The zero-order valence-corrected chi connectivity index (χ0v) is 42.8. The van der Waals surface area contributed by atoms with Crippen molar-refractivity contribution in [2.24, 2.45) is 0 Å².